The number of hydrogen-bond acceptors (Lipinski definition) is 2. The number of thiophene rings is 1. The van der Waals surface area contributed by atoms with Crippen LogP contribution < -0.4 is 25.6 Å². The summed E-state index contributed by atoms with van der Waals surface area (Å²) in [6.07, 6.45) is 0. The second-order valence-corrected chi connectivity index (χ2v) is 20.9. The third kappa shape index (κ3) is 7.08. The Morgan fingerprint density at radius 2 is 0.683 bits per heavy atom. The number of anilines is 3. The van der Waals surface area contributed by atoms with Crippen molar-refractivity contribution in [3.8, 4) is 33.4 Å². The quantitative estimate of drug-likeness (QED) is 0.0980. The van der Waals surface area contributed by atoms with Crippen molar-refractivity contribution < 1.29 is 0 Å². The van der Waals surface area contributed by atoms with Crippen LogP contribution in [0.3, 0.4) is 0 Å². The van der Waals surface area contributed by atoms with E-state index in [0.717, 1.165) is 17.1 Å². The van der Waals surface area contributed by atoms with Gasteiger partial charge in [0, 0.05) is 37.1 Å². The average molecular weight is 838 g/mol. The Kier molecular flexibility index (Phi) is 10.2. The van der Waals surface area contributed by atoms with Crippen LogP contribution in [0.25, 0.3) is 53.6 Å². The maximum atomic E-state index is 2.42. The number of hydrogen-bond donors (Lipinski definition) is 0. The van der Waals surface area contributed by atoms with E-state index >= 15 is 0 Å². The van der Waals surface area contributed by atoms with E-state index in [1.807, 2.05) is 11.3 Å². The Balaban J connectivity index is 1.00. The van der Waals surface area contributed by atoms with Crippen LogP contribution in [0.5, 0.6) is 0 Å². The third-order valence-electron chi connectivity index (χ3n) is 12.4. The number of benzene rings is 10. The van der Waals surface area contributed by atoms with E-state index in [4.69, 9.17) is 0 Å². The predicted octanol–water partition coefficient (Wildman–Crippen LogP) is 13.9. The maximum Gasteiger partial charge on any atom is 0.179 e. The molecule has 0 aliphatic heterocycles. The van der Waals surface area contributed by atoms with Gasteiger partial charge in [0.2, 0.25) is 0 Å². The highest BCUT2D eigenvalue weighted by atomic mass is 32.1. The highest BCUT2D eigenvalue weighted by molar-refractivity contribution is 7.26. The molecule has 3 heteroatoms. The molecular formula is C60H43NSSi. The van der Waals surface area contributed by atoms with Gasteiger partial charge in [-0.2, -0.15) is 0 Å². The molecule has 0 saturated heterocycles. The van der Waals surface area contributed by atoms with Crippen molar-refractivity contribution in [3.05, 3.63) is 261 Å². The van der Waals surface area contributed by atoms with Gasteiger partial charge in [0.15, 0.2) is 8.07 Å². The first-order valence-corrected chi connectivity index (χ1v) is 24.4. The van der Waals surface area contributed by atoms with Crippen LogP contribution in [0, 0.1) is 0 Å². The van der Waals surface area contributed by atoms with E-state index in [0.29, 0.717) is 0 Å². The maximum absolute atomic E-state index is 2.61. The lowest BCUT2D eigenvalue weighted by molar-refractivity contribution is 1.29. The second-order valence-electron chi connectivity index (χ2n) is 16.1. The fourth-order valence-corrected chi connectivity index (χ4v) is 15.4. The van der Waals surface area contributed by atoms with Gasteiger partial charge < -0.3 is 4.90 Å². The van der Waals surface area contributed by atoms with Crippen LogP contribution in [0.4, 0.5) is 17.1 Å². The highest BCUT2D eigenvalue weighted by Gasteiger charge is 2.41. The van der Waals surface area contributed by atoms with Crippen LogP contribution in [-0.4, -0.2) is 8.07 Å². The molecule has 0 atom stereocenters. The molecule has 298 valence electrons. The van der Waals surface area contributed by atoms with Crippen LogP contribution >= 0.6 is 11.3 Å². The minimum atomic E-state index is -2.61. The van der Waals surface area contributed by atoms with E-state index in [-0.39, 0.29) is 0 Å². The minimum Gasteiger partial charge on any atom is -0.310 e. The molecule has 1 heterocycles. The first-order chi connectivity index (χ1) is 31.2. The van der Waals surface area contributed by atoms with Gasteiger partial charge >= 0.3 is 0 Å². The number of rotatable bonds is 10. The zero-order chi connectivity index (χ0) is 42.0. The highest BCUT2D eigenvalue weighted by Crippen LogP contribution is 2.44. The lowest BCUT2D eigenvalue weighted by Crippen LogP contribution is -2.74. The molecule has 11 aromatic rings. The number of nitrogens with zero attached hydrogens (tertiary/aromatic N) is 1. The zero-order valence-corrected chi connectivity index (χ0v) is 36.5. The summed E-state index contributed by atoms with van der Waals surface area (Å²) in [7, 11) is -2.61. The summed E-state index contributed by atoms with van der Waals surface area (Å²) >= 11 is 1.87. The largest absolute Gasteiger partial charge is 0.310 e. The Hall–Kier alpha value is -7.56. The average Bonchev–Trinajstić information content (AvgIpc) is 3.74. The molecule has 63 heavy (non-hydrogen) atoms. The van der Waals surface area contributed by atoms with Crippen LogP contribution in [0.1, 0.15) is 0 Å². The van der Waals surface area contributed by atoms with Gasteiger partial charge in [-0.05, 0) is 85.0 Å². The second kappa shape index (κ2) is 16.7. The lowest BCUT2D eigenvalue weighted by atomic mass is 10.0. The van der Waals surface area contributed by atoms with Crippen molar-refractivity contribution in [2.75, 3.05) is 4.90 Å². The molecule has 0 N–H and O–H groups in total. The normalized spacial score (nSPS) is 11.5. The molecule has 10 aromatic carbocycles. The third-order valence-corrected chi connectivity index (χ3v) is 18.4. The van der Waals surface area contributed by atoms with Gasteiger partial charge in [0.25, 0.3) is 0 Å². The number of fused-ring (bicyclic) bond motifs is 3. The fraction of sp³-hybridized carbons (Fsp3) is 0. The van der Waals surface area contributed by atoms with Crippen molar-refractivity contribution in [1.82, 2.24) is 0 Å². The first kappa shape index (κ1) is 38.4. The molecule has 0 unspecified atom stereocenters. The van der Waals surface area contributed by atoms with Gasteiger partial charge in [-0.1, -0.05) is 224 Å². The van der Waals surface area contributed by atoms with Gasteiger partial charge in [-0.3, -0.25) is 0 Å². The molecule has 11 rings (SSSR count). The smallest absolute Gasteiger partial charge is 0.179 e. The molecule has 0 aliphatic rings. The molecule has 0 spiro atoms. The van der Waals surface area contributed by atoms with E-state index < -0.39 is 8.07 Å². The van der Waals surface area contributed by atoms with Gasteiger partial charge in [-0.15, -0.1) is 11.3 Å². The molecule has 1 aromatic heterocycles. The summed E-state index contributed by atoms with van der Waals surface area (Å²) in [4.78, 5) is 2.42. The molecule has 0 radical (unpaired) electrons. The molecular weight excluding hydrogens is 795 g/mol. The predicted molar refractivity (Wildman–Crippen MR) is 274 cm³/mol. The summed E-state index contributed by atoms with van der Waals surface area (Å²) in [5.41, 5.74) is 10.6. The van der Waals surface area contributed by atoms with E-state index in [9.17, 15) is 0 Å². The van der Waals surface area contributed by atoms with Crippen molar-refractivity contribution >= 4 is 77.4 Å². The summed E-state index contributed by atoms with van der Waals surface area (Å²) in [5.74, 6) is 0. The Morgan fingerprint density at radius 3 is 1.25 bits per heavy atom. The van der Waals surface area contributed by atoms with Gasteiger partial charge in [0.1, 0.15) is 0 Å². The topological polar surface area (TPSA) is 3.24 Å². The molecule has 0 fully saturated rings. The van der Waals surface area contributed by atoms with E-state index in [2.05, 4.69) is 266 Å². The van der Waals surface area contributed by atoms with Crippen molar-refractivity contribution in [2.24, 2.45) is 0 Å². The Labute approximate surface area is 374 Å². The van der Waals surface area contributed by atoms with Crippen LogP contribution in [0.15, 0.2) is 261 Å². The molecule has 0 saturated carbocycles. The van der Waals surface area contributed by atoms with Crippen molar-refractivity contribution in [2.45, 2.75) is 0 Å². The van der Waals surface area contributed by atoms with Gasteiger partial charge in [-0.25, -0.2) is 0 Å². The summed E-state index contributed by atoms with van der Waals surface area (Å²) in [6, 6.07) is 95.9. The van der Waals surface area contributed by atoms with Crippen molar-refractivity contribution in [3.63, 3.8) is 0 Å². The summed E-state index contributed by atoms with van der Waals surface area (Å²) < 4.78 is 2.57. The molecule has 0 bridgehead atoms. The van der Waals surface area contributed by atoms with E-state index in [1.165, 1.54) is 74.3 Å². The van der Waals surface area contributed by atoms with Crippen LogP contribution in [0.2, 0.25) is 0 Å². The zero-order valence-electron chi connectivity index (χ0n) is 34.7. The Morgan fingerprint density at radius 1 is 0.286 bits per heavy atom. The summed E-state index contributed by atoms with van der Waals surface area (Å²) in [5, 5.41) is 8.07. The van der Waals surface area contributed by atoms with E-state index in [1.54, 1.807) is 0 Å². The standard InChI is InChI=1S/C60H43NSSi/c1-6-18-44(19-7-1)48-34-40-56-57-41-37-50(43-60(57)62-59(56)42-48)61(58-29-17-16-28-55(58)47-20-8-2-9-21-47)49-35-30-45(31-36-49)46-32-38-54(39-33-46)63(51-22-10-3-11-23-51,52-24-12-4-13-25-52)53-26-14-5-15-27-53/h1-43H. The first-order valence-electron chi connectivity index (χ1n) is 21.6. The monoisotopic (exact) mass is 837 g/mol. The summed E-state index contributed by atoms with van der Waals surface area (Å²) in [6.45, 7) is 0. The molecule has 1 nitrogen and oxygen atoms in total. The molecule has 0 amide bonds. The minimum absolute atomic E-state index is 1.11. The SMILES string of the molecule is c1ccc(-c2ccc3c(c2)sc2cc(N(c4ccc(-c5ccc([Si](c6ccccc6)(c6ccccc6)c6ccccc6)cc5)cc4)c4ccccc4-c4ccccc4)ccc23)cc1. The van der Waals surface area contributed by atoms with Crippen LogP contribution in [-0.2, 0) is 0 Å². The lowest BCUT2D eigenvalue weighted by Gasteiger charge is -2.34. The molecule has 0 aliphatic carbocycles. The van der Waals surface area contributed by atoms with Gasteiger partial charge in [0.05, 0.1) is 5.69 Å². The number of para-hydroxylation sites is 1. The van der Waals surface area contributed by atoms with Crippen molar-refractivity contribution in [1.29, 1.82) is 0 Å². The Bertz CT molecular complexity index is 3200. The fourth-order valence-electron chi connectivity index (χ4n) is 9.45.